The summed E-state index contributed by atoms with van der Waals surface area (Å²) in [5.74, 6) is -0.901. The fourth-order valence-electron chi connectivity index (χ4n) is 6.91. The van der Waals surface area contributed by atoms with E-state index in [1.165, 1.54) is 11.8 Å². The molecular formula is C47H52O9S. The second-order valence-corrected chi connectivity index (χ2v) is 15.8. The van der Waals surface area contributed by atoms with E-state index in [0.717, 1.165) is 27.1 Å². The predicted molar refractivity (Wildman–Crippen MR) is 218 cm³/mol. The van der Waals surface area contributed by atoms with Crippen LogP contribution in [0.15, 0.2) is 157 Å². The Labute approximate surface area is 340 Å². The van der Waals surface area contributed by atoms with Gasteiger partial charge in [0.2, 0.25) is 0 Å². The Kier molecular flexibility index (Phi) is 15.0. The third-order valence-electron chi connectivity index (χ3n) is 9.73. The van der Waals surface area contributed by atoms with Crippen molar-refractivity contribution in [1.29, 1.82) is 0 Å². The molecule has 0 saturated carbocycles. The number of ether oxygens (including phenoxy) is 8. The van der Waals surface area contributed by atoms with Gasteiger partial charge in [-0.15, -0.1) is 0 Å². The predicted octanol–water partition coefficient (Wildman–Crippen LogP) is 8.33. The van der Waals surface area contributed by atoms with Crippen LogP contribution in [0, 0.1) is 0 Å². The van der Waals surface area contributed by atoms with Gasteiger partial charge in [0.1, 0.15) is 42.1 Å². The molecule has 8 atom stereocenters. The molecule has 7 rings (SSSR count). The first kappa shape index (κ1) is 41.3. The van der Waals surface area contributed by atoms with Crippen LogP contribution in [0.2, 0.25) is 0 Å². The Balaban J connectivity index is 1.16. The van der Waals surface area contributed by atoms with Gasteiger partial charge in [0.15, 0.2) is 12.1 Å². The van der Waals surface area contributed by atoms with Crippen LogP contribution in [0.1, 0.15) is 36.1 Å². The van der Waals surface area contributed by atoms with E-state index >= 15 is 0 Å². The van der Waals surface area contributed by atoms with Gasteiger partial charge in [-0.3, -0.25) is 0 Å². The first-order valence-electron chi connectivity index (χ1n) is 19.5. The van der Waals surface area contributed by atoms with Crippen molar-refractivity contribution in [2.45, 2.75) is 99.3 Å². The van der Waals surface area contributed by atoms with E-state index in [1.807, 2.05) is 166 Å². The summed E-state index contributed by atoms with van der Waals surface area (Å²) in [7, 11) is 0. The SMILES string of the molecule is CC1(C)O[C@@H]([C@H](O)CO[C@H]2O[C@H](COCc3ccccc3)[C@@H](OCc3ccccc3)[C@H](OCc3ccccc3)[C@@H]2OCc2ccccc2)[C@H](Sc2ccccc2)O1. The molecule has 10 heteroatoms. The molecule has 0 aromatic heterocycles. The maximum absolute atomic E-state index is 11.7. The molecule has 9 nitrogen and oxygen atoms in total. The van der Waals surface area contributed by atoms with E-state index in [-0.39, 0.29) is 19.8 Å². The van der Waals surface area contributed by atoms with Gasteiger partial charge in [-0.25, -0.2) is 0 Å². The molecule has 5 aromatic carbocycles. The van der Waals surface area contributed by atoms with E-state index in [1.54, 1.807) is 0 Å². The number of rotatable bonds is 19. The molecule has 300 valence electrons. The van der Waals surface area contributed by atoms with Gasteiger partial charge in [-0.1, -0.05) is 151 Å². The Morgan fingerprint density at radius 3 is 1.54 bits per heavy atom. The molecule has 0 spiro atoms. The summed E-state index contributed by atoms with van der Waals surface area (Å²) >= 11 is 1.50. The topological polar surface area (TPSA) is 94.1 Å². The van der Waals surface area contributed by atoms with Crippen LogP contribution in [0.25, 0.3) is 0 Å². The molecule has 2 aliphatic heterocycles. The second kappa shape index (κ2) is 20.7. The maximum atomic E-state index is 11.7. The van der Waals surface area contributed by atoms with Gasteiger partial charge in [-0.2, -0.15) is 0 Å². The zero-order chi connectivity index (χ0) is 39.3. The molecule has 0 aliphatic carbocycles. The van der Waals surface area contributed by atoms with Crippen LogP contribution in [-0.4, -0.2) is 72.5 Å². The number of hydrogen-bond acceptors (Lipinski definition) is 10. The number of thioether (sulfide) groups is 1. The first-order chi connectivity index (χ1) is 27.9. The Bertz CT molecular complexity index is 1870. The van der Waals surface area contributed by atoms with Crippen molar-refractivity contribution in [3.63, 3.8) is 0 Å². The number of aliphatic hydroxyl groups is 1. The van der Waals surface area contributed by atoms with E-state index in [0.29, 0.717) is 19.8 Å². The molecule has 0 bridgehead atoms. The largest absolute Gasteiger partial charge is 0.388 e. The Morgan fingerprint density at radius 2 is 1.02 bits per heavy atom. The molecule has 2 aliphatic rings. The minimum Gasteiger partial charge on any atom is -0.388 e. The Morgan fingerprint density at radius 1 is 0.561 bits per heavy atom. The van der Waals surface area contributed by atoms with E-state index in [2.05, 4.69) is 0 Å². The number of benzene rings is 5. The number of aliphatic hydroxyl groups excluding tert-OH is 1. The average Bonchev–Trinajstić information content (AvgIpc) is 3.56. The standard InChI is InChI=1S/C47H52O9S/c1-47(2)55-41(46(56-47)57-38-26-16-7-17-27-38)39(48)32-53-45-44(52-31-37-24-14-6-15-25-37)43(51-30-36-22-12-5-13-23-36)42(50-29-35-20-10-4-11-21-35)40(54-45)33-49-28-34-18-8-3-9-19-34/h3-27,39-46,48H,28-33H2,1-2H3/t39-,40-,41+,42-,43+,44+,45+,46+/m1/s1. The third-order valence-corrected chi connectivity index (χ3v) is 10.9. The van der Waals surface area contributed by atoms with Crippen molar-refractivity contribution in [2.24, 2.45) is 0 Å². The van der Waals surface area contributed by atoms with Crippen LogP contribution in [-0.2, 0) is 64.3 Å². The normalized spacial score (nSPS) is 24.9. The minimum absolute atomic E-state index is 0.121. The second-order valence-electron chi connectivity index (χ2n) is 14.6. The maximum Gasteiger partial charge on any atom is 0.187 e. The lowest BCUT2D eigenvalue weighted by atomic mass is 9.97. The summed E-state index contributed by atoms with van der Waals surface area (Å²) < 4.78 is 52.6. The third kappa shape index (κ3) is 12.1. The van der Waals surface area contributed by atoms with E-state index < -0.39 is 54.1 Å². The van der Waals surface area contributed by atoms with Gasteiger partial charge in [0.05, 0.1) is 39.6 Å². The highest BCUT2D eigenvalue weighted by Gasteiger charge is 2.50. The summed E-state index contributed by atoms with van der Waals surface area (Å²) in [6.45, 7) is 5.04. The monoisotopic (exact) mass is 792 g/mol. The van der Waals surface area contributed by atoms with Crippen LogP contribution in [0.4, 0.5) is 0 Å². The molecule has 2 fully saturated rings. The van der Waals surface area contributed by atoms with Crippen LogP contribution >= 0.6 is 11.8 Å². The summed E-state index contributed by atoms with van der Waals surface area (Å²) in [5.41, 5.74) is 3.55. The molecule has 2 heterocycles. The van der Waals surface area contributed by atoms with Crippen molar-refractivity contribution in [3.05, 3.63) is 174 Å². The van der Waals surface area contributed by atoms with Crippen molar-refractivity contribution in [3.8, 4) is 0 Å². The molecular weight excluding hydrogens is 741 g/mol. The van der Waals surface area contributed by atoms with Crippen molar-refractivity contribution in [1.82, 2.24) is 0 Å². The summed E-state index contributed by atoms with van der Waals surface area (Å²) in [4.78, 5) is 1.00. The van der Waals surface area contributed by atoms with Crippen LogP contribution in [0.5, 0.6) is 0 Å². The highest BCUT2D eigenvalue weighted by molar-refractivity contribution is 7.99. The van der Waals surface area contributed by atoms with Gasteiger partial charge >= 0.3 is 0 Å². The van der Waals surface area contributed by atoms with Crippen LogP contribution in [0.3, 0.4) is 0 Å². The van der Waals surface area contributed by atoms with Gasteiger partial charge in [-0.05, 0) is 48.2 Å². The van der Waals surface area contributed by atoms with Crippen molar-refractivity contribution < 1.29 is 43.0 Å². The quantitative estimate of drug-likeness (QED) is 0.0880. The Hall–Kier alpha value is -3.91. The summed E-state index contributed by atoms with van der Waals surface area (Å²) in [6.07, 6.45) is -5.38. The molecule has 57 heavy (non-hydrogen) atoms. The molecule has 0 amide bonds. The van der Waals surface area contributed by atoms with E-state index in [4.69, 9.17) is 37.9 Å². The average molecular weight is 793 g/mol. The fraction of sp³-hybridized carbons (Fsp3) is 0.362. The van der Waals surface area contributed by atoms with Crippen LogP contribution < -0.4 is 0 Å². The zero-order valence-corrected chi connectivity index (χ0v) is 33.2. The van der Waals surface area contributed by atoms with E-state index in [9.17, 15) is 5.11 Å². The highest BCUT2D eigenvalue weighted by atomic mass is 32.2. The van der Waals surface area contributed by atoms with Gasteiger partial charge < -0.3 is 43.0 Å². The molecule has 2 saturated heterocycles. The first-order valence-corrected chi connectivity index (χ1v) is 20.4. The lowest BCUT2D eigenvalue weighted by Gasteiger charge is -2.46. The smallest absolute Gasteiger partial charge is 0.187 e. The lowest BCUT2D eigenvalue weighted by molar-refractivity contribution is -0.332. The van der Waals surface area contributed by atoms with Gasteiger partial charge in [0.25, 0.3) is 0 Å². The molecule has 5 aromatic rings. The highest BCUT2D eigenvalue weighted by Crippen LogP contribution is 2.40. The molecule has 0 unspecified atom stereocenters. The molecule has 0 radical (unpaired) electrons. The summed E-state index contributed by atoms with van der Waals surface area (Å²) in [6, 6.07) is 49.9. The fourth-order valence-corrected chi connectivity index (χ4v) is 8.15. The lowest BCUT2D eigenvalue weighted by Crippen LogP contribution is -2.62. The van der Waals surface area contributed by atoms with Crippen molar-refractivity contribution >= 4 is 11.8 Å². The van der Waals surface area contributed by atoms with Gasteiger partial charge in [0, 0.05) is 4.90 Å². The summed E-state index contributed by atoms with van der Waals surface area (Å²) in [5, 5.41) is 11.7. The molecule has 1 N–H and O–H groups in total. The zero-order valence-electron chi connectivity index (χ0n) is 32.4. The van der Waals surface area contributed by atoms with Crippen molar-refractivity contribution in [2.75, 3.05) is 13.2 Å². The minimum atomic E-state index is -1.06. The number of hydrogen-bond donors (Lipinski definition) is 1.